The second kappa shape index (κ2) is 7.10. The average Bonchev–Trinajstić information content (AvgIpc) is 3.33. The SMILES string of the molecule is COc1ccccc1-n1cc(CNC(=O)c2nnc3nc(C)cc(C)n23)cn1. The molecule has 1 amide bonds. The molecule has 3 heterocycles. The Morgan fingerprint density at radius 2 is 2.04 bits per heavy atom. The summed E-state index contributed by atoms with van der Waals surface area (Å²) in [5.41, 5.74) is 3.34. The number of aromatic nitrogens is 6. The van der Waals surface area contributed by atoms with Crippen molar-refractivity contribution in [2.45, 2.75) is 20.4 Å². The van der Waals surface area contributed by atoms with Crippen LogP contribution in [-0.2, 0) is 6.54 Å². The van der Waals surface area contributed by atoms with Crippen molar-refractivity contribution >= 4 is 11.7 Å². The normalized spacial score (nSPS) is 11.0. The Kier molecular flexibility index (Phi) is 4.48. The molecule has 9 heteroatoms. The maximum Gasteiger partial charge on any atom is 0.289 e. The summed E-state index contributed by atoms with van der Waals surface area (Å²) in [4.78, 5) is 16.9. The molecule has 1 aromatic carbocycles. The number of carbonyl (C=O) groups excluding carboxylic acids is 1. The molecule has 0 fully saturated rings. The van der Waals surface area contributed by atoms with Gasteiger partial charge in [-0.2, -0.15) is 5.10 Å². The van der Waals surface area contributed by atoms with Crippen molar-refractivity contribution < 1.29 is 9.53 Å². The first-order valence-corrected chi connectivity index (χ1v) is 8.71. The highest BCUT2D eigenvalue weighted by Crippen LogP contribution is 2.21. The Bertz CT molecular complexity index is 1160. The van der Waals surface area contributed by atoms with Crippen LogP contribution in [0.3, 0.4) is 0 Å². The Labute approximate surface area is 161 Å². The fourth-order valence-electron chi connectivity index (χ4n) is 3.04. The molecule has 0 aliphatic heterocycles. The van der Waals surface area contributed by atoms with Crippen molar-refractivity contribution in [3.05, 3.63) is 65.5 Å². The van der Waals surface area contributed by atoms with E-state index in [1.165, 1.54) is 0 Å². The van der Waals surface area contributed by atoms with E-state index in [1.807, 2.05) is 50.4 Å². The molecular weight excluding hydrogens is 358 g/mol. The van der Waals surface area contributed by atoms with Gasteiger partial charge in [0, 0.05) is 29.7 Å². The summed E-state index contributed by atoms with van der Waals surface area (Å²) in [6, 6.07) is 9.47. The number of para-hydroxylation sites is 2. The molecule has 0 aliphatic carbocycles. The van der Waals surface area contributed by atoms with E-state index in [0.29, 0.717) is 12.3 Å². The van der Waals surface area contributed by atoms with Gasteiger partial charge < -0.3 is 10.1 Å². The molecule has 3 aromatic heterocycles. The molecule has 4 aromatic rings. The number of ether oxygens (including phenoxy) is 1. The summed E-state index contributed by atoms with van der Waals surface area (Å²) in [6.45, 7) is 4.07. The third-order valence-corrected chi connectivity index (χ3v) is 4.32. The summed E-state index contributed by atoms with van der Waals surface area (Å²) in [7, 11) is 1.62. The van der Waals surface area contributed by atoms with Crippen LogP contribution in [0.4, 0.5) is 0 Å². The van der Waals surface area contributed by atoms with E-state index in [2.05, 4.69) is 25.6 Å². The summed E-state index contributed by atoms with van der Waals surface area (Å²) >= 11 is 0. The number of nitrogens with zero attached hydrogens (tertiary/aromatic N) is 6. The number of aryl methyl sites for hydroxylation is 2. The Morgan fingerprint density at radius 3 is 2.86 bits per heavy atom. The number of fused-ring (bicyclic) bond motifs is 1. The molecule has 1 N–H and O–H groups in total. The first-order valence-electron chi connectivity index (χ1n) is 8.71. The lowest BCUT2D eigenvalue weighted by Crippen LogP contribution is -2.25. The van der Waals surface area contributed by atoms with E-state index >= 15 is 0 Å². The summed E-state index contributed by atoms with van der Waals surface area (Å²) in [6.07, 6.45) is 3.54. The molecular formula is C19H19N7O2. The van der Waals surface area contributed by atoms with Gasteiger partial charge >= 0.3 is 0 Å². The molecule has 4 rings (SSSR count). The maximum atomic E-state index is 12.6. The van der Waals surface area contributed by atoms with Gasteiger partial charge in [-0.1, -0.05) is 12.1 Å². The van der Waals surface area contributed by atoms with Gasteiger partial charge in [0.15, 0.2) is 0 Å². The fourth-order valence-corrected chi connectivity index (χ4v) is 3.04. The lowest BCUT2D eigenvalue weighted by atomic mass is 10.3. The van der Waals surface area contributed by atoms with Crippen LogP contribution in [-0.4, -0.2) is 42.4 Å². The molecule has 9 nitrogen and oxygen atoms in total. The number of carbonyl (C=O) groups is 1. The van der Waals surface area contributed by atoms with Gasteiger partial charge in [-0.3, -0.25) is 9.20 Å². The largest absolute Gasteiger partial charge is 0.494 e. The number of rotatable bonds is 5. The maximum absolute atomic E-state index is 12.6. The molecule has 0 bridgehead atoms. The van der Waals surface area contributed by atoms with Crippen LogP contribution in [0.2, 0.25) is 0 Å². The molecule has 0 atom stereocenters. The van der Waals surface area contributed by atoms with Gasteiger partial charge in [0.05, 0.1) is 13.3 Å². The number of amides is 1. The molecule has 142 valence electrons. The second-order valence-corrected chi connectivity index (χ2v) is 6.35. The minimum absolute atomic E-state index is 0.206. The fraction of sp³-hybridized carbons (Fsp3) is 0.211. The van der Waals surface area contributed by atoms with Gasteiger partial charge in [0.1, 0.15) is 11.4 Å². The number of hydrogen-bond donors (Lipinski definition) is 1. The first kappa shape index (κ1) is 17.7. The van der Waals surface area contributed by atoms with Crippen LogP contribution < -0.4 is 10.1 Å². The second-order valence-electron chi connectivity index (χ2n) is 6.35. The Hall–Kier alpha value is -3.75. The third kappa shape index (κ3) is 3.18. The zero-order chi connectivity index (χ0) is 19.7. The first-order chi connectivity index (χ1) is 13.6. The van der Waals surface area contributed by atoms with Gasteiger partial charge in [0.25, 0.3) is 11.7 Å². The van der Waals surface area contributed by atoms with Crippen LogP contribution in [0.25, 0.3) is 11.5 Å². The van der Waals surface area contributed by atoms with E-state index in [-0.39, 0.29) is 11.7 Å². The lowest BCUT2D eigenvalue weighted by molar-refractivity contribution is 0.0939. The van der Waals surface area contributed by atoms with E-state index in [0.717, 1.165) is 28.4 Å². The average molecular weight is 377 g/mol. The topological polar surface area (TPSA) is 99.2 Å². The number of benzene rings is 1. The van der Waals surface area contributed by atoms with E-state index < -0.39 is 0 Å². The zero-order valence-corrected chi connectivity index (χ0v) is 15.7. The Balaban J connectivity index is 1.51. The smallest absolute Gasteiger partial charge is 0.289 e. The zero-order valence-electron chi connectivity index (χ0n) is 15.7. The highest BCUT2D eigenvalue weighted by molar-refractivity contribution is 5.91. The van der Waals surface area contributed by atoms with Crippen LogP contribution in [0, 0.1) is 13.8 Å². The molecule has 0 saturated carbocycles. The molecule has 0 radical (unpaired) electrons. The molecule has 0 aliphatic rings. The van der Waals surface area contributed by atoms with Crippen LogP contribution >= 0.6 is 0 Å². The van der Waals surface area contributed by atoms with E-state index in [9.17, 15) is 4.79 Å². The molecule has 0 spiro atoms. The van der Waals surface area contributed by atoms with Crippen molar-refractivity contribution in [3.8, 4) is 11.4 Å². The predicted molar refractivity (Wildman–Crippen MR) is 102 cm³/mol. The predicted octanol–water partition coefficient (Wildman–Crippen LogP) is 1.87. The highest BCUT2D eigenvalue weighted by atomic mass is 16.5. The molecule has 28 heavy (non-hydrogen) atoms. The van der Waals surface area contributed by atoms with E-state index in [1.54, 1.807) is 22.4 Å². The third-order valence-electron chi connectivity index (χ3n) is 4.32. The monoisotopic (exact) mass is 377 g/mol. The van der Waals surface area contributed by atoms with Crippen molar-refractivity contribution in [1.82, 2.24) is 34.7 Å². The van der Waals surface area contributed by atoms with Crippen molar-refractivity contribution in [3.63, 3.8) is 0 Å². The molecule has 0 saturated heterocycles. The molecule has 0 unspecified atom stereocenters. The minimum Gasteiger partial charge on any atom is -0.494 e. The number of nitrogens with one attached hydrogen (secondary N) is 1. The highest BCUT2D eigenvalue weighted by Gasteiger charge is 2.17. The van der Waals surface area contributed by atoms with Crippen LogP contribution in [0.5, 0.6) is 5.75 Å². The number of hydrogen-bond acceptors (Lipinski definition) is 6. The standard InChI is InChI=1S/C19H19N7O2/c1-12-8-13(2)26-17(23-24-19(26)22-12)18(27)20-9-14-10-21-25(11-14)15-6-4-5-7-16(15)28-3/h4-8,10-11H,9H2,1-3H3,(H,20,27). The minimum atomic E-state index is -0.328. The Morgan fingerprint density at radius 1 is 1.21 bits per heavy atom. The quantitative estimate of drug-likeness (QED) is 0.570. The van der Waals surface area contributed by atoms with E-state index in [4.69, 9.17) is 4.74 Å². The van der Waals surface area contributed by atoms with Gasteiger partial charge in [-0.05, 0) is 32.0 Å². The summed E-state index contributed by atoms with van der Waals surface area (Å²) in [5, 5.41) is 15.2. The van der Waals surface area contributed by atoms with Crippen molar-refractivity contribution in [2.24, 2.45) is 0 Å². The van der Waals surface area contributed by atoms with Crippen molar-refractivity contribution in [1.29, 1.82) is 0 Å². The van der Waals surface area contributed by atoms with Crippen molar-refractivity contribution in [2.75, 3.05) is 7.11 Å². The number of methoxy groups -OCH3 is 1. The summed E-state index contributed by atoms with van der Waals surface area (Å²) in [5.74, 6) is 1.00. The summed E-state index contributed by atoms with van der Waals surface area (Å²) < 4.78 is 8.71. The van der Waals surface area contributed by atoms with Gasteiger partial charge in [-0.15, -0.1) is 10.2 Å². The van der Waals surface area contributed by atoms with Gasteiger partial charge in [-0.25, -0.2) is 9.67 Å². The van der Waals surface area contributed by atoms with Gasteiger partial charge in [0.2, 0.25) is 5.82 Å². The lowest BCUT2D eigenvalue weighted by Gasteiger charge is -2.07. The van der Waals surface area contributed by atoms with Crippen LogP contribution in [0.1, 0.15) is 27.6 Å². The van der Waals surface area contributed by atoms with Crippen LogP contribution in [0.15, 0.2) is 42.7 Å².